The number of methoxy groups -OCH3 is 2. The zero-order valence-electron chi connectivity index (χ0n) is 11.0. The van der Waals surface area contributed by atoms with Crippen LogP contribution in [0.2, 0.25) is 0 Å². The van der Waals surface area contributed by atoms with E-state index in [0.717, 1.165) is 16.3 Å². The van der Waals surface area contributed by atoms with E-state index in [4.69, 9.17) is 15.2 Å². The maximum atomic E-state index is 6.00. The van der Waals surface area contributed by atoms with Gasteiger partial charge in [0.1, 0.15) is 17.4 Å². The molecule has 1 aromatic carbocycles. The molecule has 0 aliphatic rings. The molecule has 0 fully saturated rings. The molecule has 0 aliphatic heterocycles. The van der Waals surface area contributed by atoms with Crippen molar-refractivity contribution in [2.24, 2.45) is 0 Å². The van der Waals surface area contributed by atoms with Gasteiger partial charge in [0, 0.05) is 18.4 Å². The summed E-state index contributed by atoms with van der Waals surface area (Å²) in [5.41, 5.74) is 7.47. The predicted octanol–water partition coefficient (Wildman–Crippen LogP) is 1.59. The number of hydrogen-bond donors (Lipinski definition) is 1. The Kier molecular flexibility index (Phi) is 3.25. The molecule has 2 aromatic heterocycles. The Bertz CT molecular complexity index is 751. The molecule has 0 radical (unpaired) electrons. The van der Waals surface area contributed by atoms with Crippen LogP contribution in [0.1, 0.15) is 5.82 Å². The molecule has 3 aromatic rings. The molecule has 20 heavy (non-hydrogen) atoms. The number of fused-ring (bicyclic) bond motifs is 1. The van der Waals surface area contributed by atoms with Crippen molar-refractivity contribution in [1.82, 2.24) is 19.8 Å². The number of anilines is 1. The van der Waals surface area contributed by atoms with E-state index in [0.29, 0.717) is 23.1 Å². The molecule has 0 bridgehead atoms. The third-order valence-electron chi connectivity index (χ3n) is 2.82. The van der Waals surface area contributed by atoms with Gasteiger partial charge in [0.15, 0.2) is 5.82 Å². The molecule has 0 atom stereocenters. The minimum atomic E-state index is 0.359. The van der Waals surface area contributed by atoms with E-state index < -0.39 is 0 Å². The number of rotatable bonds is 4. The fourth-order valence-electron chi connectivity index (χ4n) is 1.83. The van der Waals surface area contributed by atoms with Gasteiger partial charge < -0.3 is 15.2 Å². The van der Waals surface area contributed by atoms with E-state index in [-0.39, 0.29) is 0 Å². The topological polar surface area (TPSA) is 87.6 Å². The van der Waals surface area contributed by atoms with Crippen molar-refractivity contribution in [3.05, 3.63) is 24.0 Å². The summed E-state index contributed by atoms with van der Waals surface area (Å²) in [6.45, 7) is 0.359. The highest BCUT2D eigenvalue weighted by Gasteiger charge is 2.15. The molecule has 2 heterocycles. The van der Waals surface area contributed by atoms with Crippen molar-refractivity contribution >= 4 is 22.0 Å². The van der Waals surface area contributed by atoms with Crippen LogP contribution in [0.25, 0.3) is 15.5 Å². The van der Waals surface area contributed by atoms with Crippen LogP contribution in [0.4, 0.5) is 5.69 Å². The molecular weight excluding hydrogens is 278 g/mol. The third kappa shape index (κ3) is 2.08. The molecule has 0 saturated heterocycles. The van der Waals surface area contributed by atoms with Crippen LogP contribution in [0, 0.1) is 0 Å². The fourth-order valence-corrected chi connectivity index (χ4v) is 2.73. The van der Waals surface area contributed by atoms with Gasteiger partial charge in [-0.3, -0.25) is 0 Å². The number of benzene rings is 1. The van der Waals surface area contributed by atoms with Gasteiger partial charge in [-0.15, -0.1) is 10.2 Å². The Hall–Kier alpha value is -2.19. The number of aromatic nitrogens is 4. The van der Waals surface area contributed by atoms with Crippen molar-refractivity contribution in [3.63, 3.8) is 0 Å². The molecule has 3 rings (SSSR count). The van der Waals surface area contributed by atoms with Crippen molar-refractivity contribution in [1.29, 1.82) is 0 Å². The predicted molar refractivity (Wildman–Crippen MR) is 75.8 cm³/mol. The molecule has 0 saturated carbocycles. The second kappa shape index (κ2) is 5.06. The summed E-state index contributed by atoms with van der Waals surface area (Å²) in [7, 11) is 3.22. The summed E-state index contributed by atoms with van der Waals surface area (Å²) in [5.74, 6) is 1.39. The van der Waals surface area contributed by atoms with Crippen LogP contribution in [-0.4, -0.2) is 34.0 Å². The molecule has 0 amide bonds. The quantitative estimate of drug-likeness (QED) is 0.734. The lowest BCUT2D eigenvalue weighted by Crippen LogP contribution is -1.98. The van der Waals surface area contributed by atoms with Crippen molar-refractivity contribution in [3.8, 4) is 16.3 Å². The third-order valence-corrected chi connectivity index (χ3v) is 3.75. The number of nitrogens with two attached hydrogens (primary N) is 1. The monoisotopic (exact) mass is 291 g/mol. The second-order valence-corrected chi connectivity index (χ2v) is 5.06. The first-order chi connectivity index (χ1) is 9.72. The average molecular weight is 291 g/mol. The van der Waals surface area contributed by atoms with Crippen LogP contribution in [0.5, 0.6) is 5.75 Å². The van der Waals surface area contributed by atoms with Crippen LogP contribution in [0.3, 0.4) is 0 Å². The summed E-state index contributed by atoms with van der Waals surface area (Å²) in [4.78, 5) is 0.703. The van der Waals surface area contributed by atoms with Crippen LogP contribution in [0.15, 0.2) is 18.2 Å². The van der Waals surface area contributed by atoms with Gasteiger partial charge in [-0.25, -0.2) is 0 Å². The number of hydrogen-bond acceptors (Lipinski definition) is 7. The average Bonchev–Trinajstić information content (AvgIpc) is 3.02. The lowest BCUT2D eigenvalue weighted by Gasteiger charge is -2.04. The van der Waals surface area contributed by atoms with E-state index in [2.05, 4.69) is 15.3 Å². The van der Waals surface area contributed by atoms with E-state index in [1.165, 1.54) is 11.3 Å². The highest BCUT2D eigenvalue weighted by Crippen LogP contribution is 2.32. The minimum absolute atomic E-state index is 0.359. The molecule has 2 N–H and O–H groups in total. The van der Waals surface area contributed by atoms with Gasteiger partial charge in [0.25, 0.3) is 0 Å². The van der Waals surface area contributed by atoms with Crippen LogP contribution >= 0.6 is 11.3 Å². The number of nitrogens with zero attached hydrogens (tertiary/aromatic N) is 4. The van der Waals surface area contributed by atoms with Gasteiger partial charge in [-0.05, 0) is 18.2 Å². The van der Waals surface area contributed by atoms with Gasteiger partial charge in [0.05, 0.1) is 7.11 Å². The number of ether oxygens (including phenoxy) is 2. The van der Waals surface area contributed by atoms with E-state index in [9.17, 15) is 0 Å². The first-order valence-electron chi connectivity index (χ1n) is 5.87. The van der Waals surface area contributed by atoms with Gasteiger partial charge in [-0.2, -0.15) is 9.61 Å². The molecule has 104 valence electrons. The Balaban J connectivity index is 2.10. The summed E-state index contributed by atoms with van der Waals surface area (Å²) in [5, 5.41) is 13.3. The molecular formula is C12H13N5O2S. The first-order valence-corrected chi connectivity index (χ1v) is 6.68. The smallest absolute Gasteiger partial charge is 0.235 e. The van der Waals surface area contributed by atoms with E-state index in [1.54, 1.807) is 24.8 Å². The van der Waals surface area contributed by atoms with Crippen molar-refractivity contribution in [2.75, 3.05) is 20.0 Å². The standard InChI is InChI=1S/C12H13N5O2S/c1-18-6-10-14-15-12-17(10)16-11(20-12)8-5-7(19-2)3-4-9(8)13/h3-5H,6,13H2,1-2H3. The summed E-state index contributed by atoms with van der Waals surface area (Å²) in [6.07, 6.45) is 0. The normalized spacial score (nSPS) is 11.1. The number of nitrogen functional groups attached to an aromatic ring is 1. The zero-order chi connectivity index (χ0) is 14.1. The lowest BCUT2D eigenvalue weighted by atomic mass is 10.2. The maximum Gasteiger partial charge on any atom is 0.235 e. The Morgan fingerprint density at radius 3 is 2.90 bits per heavy atom. The van der Waals surface area contributed by atoms with Crippen molar-refractivity contribution in [2.45, 2.75) is 6.61 Å². The summed E-state index contributed by atoms with van der Waals surface area (Å²) in [6, 6.07) is 5.47. The highest BCUT2D eigenvalue weighted by molar-refractivity contribution is 7.19. The van der Waals surface area contributed by atoms with E-state index >= 15 is 0 Å². The van der Waals surface area contributed by atoms with Gasteiger partial charge in [-0.1, -0.05) is 11.3 Å². The Morgan fingerprint density at radius 1 is 1.30 bits per heavy atom. The molecule has 0 spiro atoms. The molecule has 7 nitrogen and oxygen atoms in total. The Labute approximate surface area is 119 Å². The summed E-state index contributed by atoms with van der Waals surface area (Å²) >= 11 is 1.42. The largest absolute Gasteiger partial charge is 0.497 e. The second-order valence-electron chi connectivity index (χ2n) is 4.10. The minimum Gasteiger partial charge on any atom is -0.497 e. The van der Waals surface area contributed by atoms with E-state index in [1.807, 2.05) is 12.1 Å². The molecule has 0 unspecified atom stereocenters. The van der Waals surface area contributed by atoms with Crippen LogP contribution in [-0.2, 0) is 11.3 Å². The molecule has 8 heteroatoms. The SMILES string of the molecule is COCc1nnc2sc(-c3cc(OC)ccc3N)nn12. The molecule has 0 aliphatic carbocycles. The summed E-state index contributed by atoms with van der Waals surface area (Å²) < 4.78 is 12.0. The maximum absolute atomic E-state index is 6.00. The van der Waals surface area contributed by atoms with Crippen molar-refractivity contribution < 1.29 is 9.47 Å². The Morgan fingerprint density at radius 2 is 2.15 bits per heavy atom. The zero-order valence-corrected chi connectivity index (χ0v) is 11.8. The lowest BCUT2D eigenvalue weighted by molar-refractivity contribution is 0.176. The van der Waals surface area contributed by atoms with Gasteiger partial charge >= 0.3 is 0 Å². The highest BCUT2D eigenvalue weighted by atomic mass is 32.1. The van der Waals surface area contributed by atoms with Crippen LogP contribution < -0.4 is 10.5 Å². The first kappa shape index (κ1) is 12.8. The fraction of sp³-hybridized carbons (Fsp3) is 0.250. The van der Waals surface area contributed by atoms with Gasteiger partial charge in [0.2, 0.25) is 4.96 Å².